The molecule has 3 heterocycles. The molecular formula is C26H30N4O4. The van der Waals surface area contributed by atoms with E-state index in [2.05, 4.69) is 21.8 Å². The number of hydrogen-bond acceptors (Lipinski definition) is 6. The van der Waals surface area contributed by atoms with Crippen molar-refractivity contribution in [3.63, 3.8) is 0 Å². The molecule has 0 aromatic carbocycles. The standard InChI is InChI=1S/C26H30N4O4/c1-17-14-30(18(2)16-31)26(33)22-12-20(7-6-19-4-5-19)13-28-24(22)34-23(17)15-29(3)25(32)21-8-10-27-11-9-21/h8-13,17-19,23,31H,4-5,14-16H2,1-3H3/t17-,18-,23+/m0/s1. The van der Waals surface area contributed by atoms with E-state index in [1.54, 1.807) is 53.6 Å². The van der Waals surface area contributed by atoms with Gasteiger partial charge in [0.1, 0.15) is 11.7 Å². The van der Waals surface area contributed by atoms with E-state index < -0.39 is 6.10 Å². The second-order valence-corrected chi connectivity index (χ2v) is 9.16. The van der Waals surface area contributed by atoms with Gasteiger partial charge in [0.25, 0.3) is 11.8 Å². The Labute approximate surface area is 200 Å². The highest BCUT2D eigenvalue weighted by atomic mass is 16.5. The Kier molecular flexibility index (Phi) is 7.13. The monoisotopic (exact) mass is 462 g/mol. The van der Waals surface area contributed by atoms with Gasteiger partial charge in [0.2, 0.25) is 5.88 Å². The topological polar surface area (TPSA) is 95.9 Å². The number of amides is 2. The van der Waals surface area contributed by atoms with Crippen LogP contribution in [0.2, 0.25) is 0 Å². The van der Waals surface area contributed by atoms with E-state index in [9.17, 15) is 14.7 Å². The number of aromatic nitrogens is 2. The minimum Gasteiger partial charge on any atom is -0.472 e. The molecule has 2 aromatic rings. The molecule has 8 heteroatoms. The first-order chi connectivity index (χ1) is 16.4. The van der Waals surface area contributed by atoms with Crippen molar-refractivity contribution in [2.24, 2.45) is 11.8 Å². The zero-order valence-electron chi connectivity index (χ0n) is 19.8. The van der Waals surface area contributed by atoms with Crippen LogP contribution in [0.5, 0.6) is 5.88 Å². The largest absolute Gasteiger partial charge is 0.472 e. The average Bonchev–Trinajstić information content (AvgIpc) is 3.69. The van der Waals surface area contributed by atoms with Crippen molar-refractivity contribution in [3.05, 3.63) is 53.5 Å². The molecule has 4 rings (SSSR count). The molecule has 0 spiro atoms. The lowest BCUT2D eigenvalue weighted by atomic mass is 9.99. The van der Waals surface area contributed by atoms with Crippen molar-refractivity contribution in [2.75, 3.05) is 26.7 Å². The Bertz CT molecular complexity index is 1110. The van der Waals surface area contributed by atoms with Crippen molar-refractivity contribution in [1.29, 1.82) is 0 Å². The van der Waals surface area contributed by atoms with Crippen LogP contribution in [0, 0.1) is 23.7 Å². The van der Waals surface area contributed by atoms with E-state index in [-0.39, 0.29) is 36.3 Å². The van der Waals surface area contributed by atoms with Crippen molar-refractivity contribution in [3.8, 4) is 17.7 Å². The third kappa shape index (κ3) is 5.37. The Morgan fingerprint density at radius 1 is 1.35 bits per heavy atom. The molecule has 0 bridgehead atoms. The van der Waals surface area contributed by atoms with Gasteiger partial charge in [0.15, 0.2) is 0 Å². The summed E-state index contributed by atoms with van der Waals surface area (Å²) in [5.74, 6) is 6.45. The second kappa shape index (κ2) is 10.2. The number of likely N-dealkylation sites (N-methyl/N-ethyl adjacent to an activating group) is 1. The molecule has 1 fully saturated rings. The summed E-state index contributed by atoms with van der Waals surface area (Å²) in [6, 6.07) is 4.69. The Morgan fingerprint density at radius 3 is 2.76 bits per heavy atom. The Hall–Kier alpha value is -3.44. The molecule has 1 aliphatic carbocycles. The predicted molar refractivity (Wildman–Crippen MR) is 126 cm³/mol. The second-order valence-electron chi connectivity index (χ2n) is 9.16. The molecule has 2 aromatic heterocycles. The molecule has 8 nitrogen and oxygen atoms in total. The number of aliphatic hydroxyl groups is 1. The summed E-state index contributed by atoms with van der Waals surface area (Å²) >= 11 is 0. The SMILES string of the molecule is C[C@H]1CN([C@@H](C)CO)C(=O)c2cc(C#CC3CC3)cnc2O[C@@H]1CN(C)C(=O)c1ccncc1. The lowest BCUT2D eigenvalue weighted by molar-refractivity contribution is 0.0313. The van der Waals surface area contributed by atoms with Crippen molar-refractivity contribution < 1.29 is 19.4 Å². The number of pyridine rings is 2. The van der Waals surface area contributed by atoms with Crippen LogP contribution in [0.3, 0.4) is 0 Å². The van der Waals surface area contributed by atoms with Gasteiger partial charge in [-0.15, -0.1) is 0 Å². The summed E-state index contributed by atoms with van der Waals surface area (Å²) in [5, 5.41) is 9.80. The number of fused-ring (bicyclic) bond motifs is 1. The summed E-state index contributed by atoms with van der Waals surface area (Å²) in [7, 11) is 1.72. The van der Waals surface area contributed by atoms with E-state index in [4.69, 9.17) is 4.74 Å². The molecule has 2 amide bonds. The van der Waals surface area contributed by atoms with Crippen LogP contribution in [-0.4, -0.2) is 75.6 Å². The summed E-state index contributed by atoms with van der Waals surface area (Å²) in [6.45, 7) is 4.31. The fourth-order valence-corrected chi connectivity index (χ4v) is 3.87. The smallest absolute Gasteiger partial charge is 0.259 e. The summed E-state index contributed by atoms with van der Waals surface area (Å²) < 4.78 is 6.26. The maximum absolute atomic E-state index is 13.4. The van der Waals surface area contributed by atoms with E-state index in [1.165, 1.54) is 0 Å². The lowest BCUT2D eigenvalue weighted by Gasteiger charge is -2.37. The van der Waals surface area contributed by atoms with Gasteiger partial charge in [-0.2, -0.15) is 0 Å². The normalized spacial score (nSPS) is 20.7. The van der Waals surface area contributed by atoms with E-state index in [0.29, 0.717) is 35.7 Å². The van der Waals surface area contributed by atoms with E-state index >= 15 is 0 Å². The maximum Gasteiger partial charge on any atom is 0.259 e. The molecule has 178 valence electrons. The first-order valence-corrected chi connectivity index (χ1v) is 11.6. The van der Waals surface area contributed by atoms with Crippen LogP contribution in [0.4, 0.5) is 0 Å². The van der Waals surface area contributed by atoms with Gasteiger partial charge < -0.3 is 19.6 Å². The quantitative estimate of drug-likeness (QED) is 0.685. The van der Waals surface area contributed by atoms with Gasteiger partial charge in [0, 0.05) is 55.1 Å². The third-order valence-electron chi connectivity index (χ3n) is 6.25. The van der Waals surface area contributed by atoms with Crippen molar-refractivity contribution >= 4 is 11.8 Å². The van der Waals surface area contributed by atoms with Crippen LogP contribution >= 0.6 is 0 Å². The van der Waals surface area contributed by atoms with Crippen LogP contribution in [0.25, 0.3) is 0 Å². The number of carbonyl (C=O) groups excluding carboxylic acids is 2. The molecule has 0 saturated heterocycles. The van der Waals surface area contributed by atoms with Gasteiger partial charge >= 0.3 is 0 Å². The van der Waals surface area contributed by atoms with E-state index in [0.717, 1.165) is 12.8 Å². The van der Waals surface area contributed by atoms with Gasteiger partial charge in [-0.1, -0.05) is 18.8 Å². The first kappa shape index (κ1) is 23.7. The van der Waals surface area contributed by atoms with Crippen LogP contribution in [-0.2, 0) is 0 Å². The molecule has 1 N–H and O–H groups in total. The van der Waals surface area contributed by atoms with Gasteiger partial charge in [-0.25, -0.2) is 4.98 Å². The van der Waals surface area contributed by atoms with Gasteiger partial charge in [-0.3, -0.25) is 14.6 Å². The van der Waals surface area contributed by atoms with Gasteiger partial charge in [-0.05, 0) is 38.0 Å². The van der Waals surface area contributed by atoms with E-state index in [1.807, 2.05) is 13.8 Å². The van der Waals surface area contributed by atoms with Gasteiger partial charge in [0.05, 0.1) is 19.2 Å². The number of carbonyl (C=O) groups is 2. The Morgan fingerprint density at radius 2 is 2.09 bits per heavy atom. The highest BCUT2D eigenvalue weighted by Crippen LogP contribution is 2.29. The molecular weight excluding hydrogens is 432 g/mol. The minimum atomic E-state index is -0.410. The first-order valence-electron chi connectivity index (χ1n) is 11.6. The molecule has 34 heavy (non-hydrogen) atoms. The molecule has 1 aliphatic heterocycles. The summed E-state index contributed by atoms with van der Waals surface area (Å²) in [4.78, 5) is 38.0. The van der Waals surface area contributed by atoms with Crippen LogP contribution in [0.15, 0.2) is 36.8 Å². The molecule has 0 unspecified atom stereocenters. The number of aliphatic hydroxyl groups excluding tert-OH is 1. The maximum atomic E-state index is 13.4. The molecule has 0 radical (unpaired) electrons. The van der Waals surface area contributed by atoms with Crippen molar-refractivity contribution in [2.45, 2.75) is 38.8 Å². The van der Waals surface area contributed by atoms with Crippen molar-refractivity contribution in [1.82, 2.24) is 19.8 Å². The minimum absolute atomic E-state index is 0.116. The predicted octanol–water partition coefficient (Wildman–Crippen LogP) is 2.23. The fourth-order valence-electron chi connectivity index (χ4n) is 3.87. The Balaban J connectivity index is 1.63. The zero-order valence-corrected chi connectivity index (χ0v) is 19.8. The third-order valence-corrected chi connectivity index (χ3v) is 6.25. The number of rotatable bonds is 5. The summed E-state index contributed by atoms with van der Waals surface area (Å²) in [6.07, 6.45) is 6.60. The molecule has 3 atom stereocenters. The highest BCUT2D eigenvalue weighted by Gasteiger charge is 2.34. The molecule has 2 aliphatic rings. The van der Waals surface area contributed by atoms with Crippen LogP contribution < -0.4 is 4.74 Å². The zero-order chi connectivity index (χ0) is 24.2. The van der Waals surface area contributed by atoms with Crippen LogP contribution in [0.1, 0.15) is 53.0 Å². The number of ether oxygens (including phenoxy) is 1. The molecule has 1 saturated carbocycles. The lowest BCUT2D eigenvalue weighted by Crippen LogP contribution is -2.50. The number of nitrogens with zero attached hydrogens (tertiary/aromatic N) is 4. The summed E-state index contributed by atoms with van der Waals surface area (Å²) in [5.41, 5.74) is 1.52. The highest BCUT2D eigenvalue weighted by molar-refractivity contribution is 5.97. The fraction of sp³-hybridized carbons (Fsp3) is 0.462. The number of hydrogen-bond donors (Lipinski definition) is 1. The average molecular weight is 463 g/mol.